The number of carbonyl (C=O) groups excluding carboxylic acids is 1. The maximum Gasteiger partial charge on any atom is 0.423 e. The molecule has 0 saturated heterocycles. The van der Waals surface area contributed by atoms with E-state index in [1.165, 1.54) is 6.92 Å². The lowest BCUT2D eigenvalue weighted by atomic mass is 10.2. The Morgan fingerprint density at radius 2 is 1.23 bits per heavy atom. The summed E-state index contributed by atoms with van der Waals surface area (Å²) in [6, 6.07) is 0. The SMILES string of the molecule is CC(C)(C)OOC(C)(CC(=O)NNC(=O)O)OOC(C)(C)C. The number of carboxylic acid groups (broad SMARTS) is 1. The normalized spacial score (nSPS) is 12.9. The van der Waals surface area contributed by atoms with Crippen molar-refractivity contribution in [2.24, 2.45) is 0 Å². The van der Waals surface area contributed by atoms with Gasteiger partial charge in [0.2, 0.25) is 11.7 Å². The van der Waals surface area contributed by atoms with Gasteiger partial charge in [0.15, 0.2) is 0 Å². The van der Waals surface area contributed by atoms with Gasteiger partial charge in [0, 0.05) is 0 Å². The molecule has 0 rings (SSSR count). The zero-order chi connectivity index (χ0) is 17.6. The lowest BCUT2D eigenvalue weighted by Gasteiger charge is -2.32. The van der Waals surface area contributed by atoms with Gasteiger partial charge in [-0.25, -0.2) is 20.0 Å². The Balaban J connectivity index is 4.75. The van der Waals surface area contributed by atoms with Crippen molar-refractivity contribution < 1.29 is 34.2 Å². The summed E-state index contributed by atoms with van der Waals surface area (Å²) >= 11 is 0. The number of carbonyl (C=O) groups is 2. The number of hydrogen-bond donors (Lipinski definition) is 3. The minimum Gasteiger partial charge on any atom is -0.464 e. The summed E-state index contributed by atoms with van der Waals surface area (Å²) in [6.07, 6.45) is -1.76. The molecular weight excluding hydrogens is 296 g/mol. The number of hydrazine groups is 1. The standard InChI is InChI=1S/C13H26N2O7/c1-11(2,3)19-21-13(7,22-20-12(4,5)6)8-9(16)14-15-10(17)18/h15H,8H2,1-7H3,(H,14,16)(H,17,18). The van der Waals surface area contributed by atoms with E-state index in [9.17, 15) is 9.59 Å². The molecule has 0 fully saturated rings. The van der Waals surface area contributed by atoms with Gasteiger partial charge in [0.05, 0.1) is 17.6 Å². The van der Waals surface area contributed by atoms with Crippen LogP contribution in [0.25, 0.3) is 0 Å². The lowest BCUT2D eigenvalue weighted by molar-refractivity contribution is -0.535. The fourth-order valence-electron chi connectivity index (χ4n) is 0.958. The molecule has 22 heavy (non-hydrogen) atoms. The second-order valence-electron chi connectivity index (χ2n) is 6.85. The van der Waals surface area contributed by atoms with Crippen molar-refractivity contribution in [2.75, 3.05) is 0 Å². The van der Waals surface area contributed by atoms with E-state index in [0.717, 1.165) is 0 Å². The summed E-state index contributed by atoms with van der Waals surface area (Å²) in [7, 11) is 0. The fourth-order valence-corrected chi connectivity index (χ4v) is 0.958. The molecule has 0 aromatic heterocycles. The van der Waals surface area contributed by atoms with Gasteiger partial charge in [-0.15, -0.1) is 0 Å². The van der Waals surface area contributed by atoms with E-state index in [1.54, 1.807) is 47.0 Å². The van der Waals surface area contributed by atoms with Crippen LogP contribution in [0.3, 0.4) is 0 Å². The lowest BCUT2D eigenvalue weighted by Crippen LogP contribution is -2.47. The van der Waals surface area contributed by atoms with Crippen LogP contribution in [-0.4, -0.2) is 34.1 Å². The molecule has 0 aliphatic carbocycles. The quantitative estimate of drug-likeness (QED) is 0.388. The first kappa shape index (κ1) is 20.6. The summed E-state index contributed by atoms with van der Waals surface area (Å²) in [4.78, 5) is 42.7. The molecule has 130 valence electrons. The first-order valence-corrected chi connectivity index (χ1v) is 6.74. The number of nitrogens with one attached hydrogen (secondary N) is 2. The molecule has 0 radical (unpaired) electrons. The maximum absolute atomic E-state index is 11.7. The zero-order valence-electron chi connectivity index (χ0n) is 14.1. The van der Waals surface area contributed by atoms with Gasteiger partial charge in [0.25, 0.3) is 0 Å². The first-order chi connectivity index (χ1) is 9.72. The molecule has 0 atom stereocenters. The second kappa shape index (κ2) is 7.73. The highest BCUT2D eigenvalue weighted by atomic mass is 17.3. The van der Waals surface area contributed by atoms with Crippen molar-refractivity contribution in [3.05, 3.63) is 0 Å². The molecule has 0 unspecified atom stereocenters. The molecule has 3 N–H and O–H groups in total. The average molecular weight is 322 g/mol. The topological polar surface area (TPSA) is 115 Å². The smallest absolute Gasteiger partial charge is 0.423 e. The van der Waals surface area contributed by atoms with Gasteiger partial charge in [0.1, 0.15) is 0 Å². The van der Waals surface area contributed by atoms with Gasteiger partial charge in [-0.1, -0.05) is 0 Å². The van der Waals surface area contributed by atoms with Crippen molar-refractivity contribution in [1.82, 2.24) is 10.9 Å². The molecular formula is C13H26N2O7. The van der Waals surface area contributed by atoms with Crippen molar-refractivity contribution in [2.45, 2.75) is 71.9 Å². The summed E-state index contributed by atoms with van der Waals surface area (Å²) in [5.74, 6) is -2.25. The van der Waals surface area contributed by atoms with E-state index in [-0.39, 0.29) is 6.42 Å². The van der Waals surface area contributed by atoms with Crippen LogP contribution in [0.2, 0.25) is 0 Å². The number of hydrogen-bond acceptors (Lipinski definition) is 6. The van der Waals surface area contributed by atoms with Crippen molar-refractivity contribution in [1.29, 1.82) is 0 Å². The van der Waals surface area contributed by atoms with E-state index in [2.05, 4.69) is 0 Å². The van der Waals surface area contributed by atoms with E-state index in [0.29, 0.717) is 0 Å². The van der Waals surface area contributed by atoms with Crippen LogP contribution in [0.15, 0.2) is 0 Å². The van der Waals surface area contributed by atoms with Crippen LogP contribution < -0.4 is 10.9 Å². The first-order valence-electron chi connectivity index (χ1n) is 6.74. The molecule has 0 saturated carbocycles. The molecule has 9 heteroatoms. The Hall–Kier alpha value is -1.42. The van der Waals surface area contributed by atoms with E-state index in [4.69, 9.17) is 24.7 Å². The summed E-state index contributed by atoms with van der Waals surface area (Å²) < 4.78 is 0. The van der Waals surface area contributed by atoms with Gasteiger partial charge in [-0.05, 0) is 48.5 Å². The van der Waals surface area contributed by atoms with Gasteiger partial charge in [-0.2, -0.15) is 9.78 Å². The zero-order valence-corrected chi connectivity index (χ0v) is 14.1. The van der Waals surface area contributed by atoms with Crippen molar-refractivity contribution in [3.8, 4) is 0 Å². The fraction of sp³-hybridized carbons (Fsp3) is 0.846. The van der Waals surface area contributed by atoms with Crippen LogP contribution in [0.5, 0.6) is 0 Å². The van der Waals surface area contributed by atoms with Gasteiger partial charge in [-0.3, -0.25) is 10.2 Å². The molecule has 0 bridgehead atoms. The second-order valence-corrected chi connectivity index (χ2v) is 6.85. The Morgan fingerprint density at radius 3 is 1.55 bits per heavy atom. The highest BCUT2D eigenvalue weighted by Gasteiger charge is 2.36. The predicted molar refractivity (Wildman–Crippen MR) is 76.2 cm³/mol. The van der Waals surface area contributed by atoms with Crippen LogP contribution in [0.1, 0.15) is 54.9 Å². The molecule has 0 aromatic carbocycles. The molecule has 9 nitrogen and oxygen atoms in total. The monoisotopic (exact) mass is 322 g/mol. The minimum absolute atomic E-state index is 0.362. The summed E-state index contributed by atoms with van der Waals surface area (Å²) in [5.41, 5.74) is 2.44. The molecule has 0 spiro atoms. The number of amides is 2. The molecule has 0 aromatic rings. The van der Waals surface area contributed by atoms with Gasteiger partial charge >= 0.3 is 6.09 Å². The van der Waals surface area contributed by atoms with E-state index in [1.807, 2.05) is 5.43 Å². The molecule has 0 aliphatic heterocycles. The van der Waals surface area contributed by atoms with Gasteiger partial charge < -0.3 is 5.11 Å². The van der Waals surface area contributed by atoms with Crippen LogP contribution in [0.4, 0.5) is 4.79 Å². The largest absolute Gasteiger partial charge is 0.464 e. The Bertz CT molecular complexity index is 367. The molecule has 2 amide bonds. The van der Waals surface area contributed by atoms with Crippen molar-refractivity contribution >= 4 is 12.0 Å². The van der Waals surface area contributed by atoms with Crippen LogP contribution in [-0.2, 0) is 24.3 Å². The van der Waals surface area contributed by atoms with Crippen LogP contribution >= 0.6 is 0 Å². The maximum atomic E-state index is 11.7. The summed E-state index contributed by atoms with van der Waals surface area (Å²) in [5, 5.41) is 8.44. The average Bonchev–Trinajstić information content (AvgIpc) is 2.30. The third-order valence-corrected chi connectivity index (χ3v) is 1.73. The van der Waals surface area contributed by atoms with E-state index >= 15 is 0 Å². The third-order valence-electron chi connectivity index (χ3n) is 1.73. The molecule has 0 aliphatic rings. The van der Waals surface area contributed by atoms with Crippen molar-refractivity contribution in [3.63, 3.8) is 0 Å². The highest BCUT2D eigenvalue weighted by molar-refractivity contribution is 5.79. The summed E-state index contributed by atoms with van der Waals surface area (Å²) in [6.45, 7) is 12.0. The Kier molecular flexibility index (Phi) is 7.23. The van der Waals surface area contributed by atoms with E-state index < -0.39 is 29.0 Å². The third kappa shape index (κ3) is 11.3. The predicted octanol–water partition coefficient (Wildman–Crippen LogP) is 1.88. The van der Waals surface area contributed by atoms with Crippen LogP contribution in [0, 0.1) is 0 Å². The minimum atomic E-state index is -1.56. The highest BCUT2D eigenvalue weighted by Crippen LogP contribution is 2.24. The molecule has 0 heterocycles. The Morgan fingerprint density at radius 1 is 0.818 bits per heavy atom. The Labute approximate surface area is 130 Å². The number of rotatable bonds is 6.